The molecule has 94 valence electrons. The zero-order valence-corrected chi connectivity index (χ0v) is 10.5. The molecule has 0 bridgehead atoms. The highest BCUT2D eigenvalue weighted by atomic mass is 19.1. The van der Waals surface area contributed by atoms with Gasteiger partial charge in [-0.3, -0.25) is 4.79 Å². The molecule has 1 N–H and O–H groups in total. The Morgan fingerprint density at radius 2 is 2.24 bits per heavy atom. The van der Waals surface area contributed by atoms with Crippen molar-refractivity contribution in [3.63, 3.8) is 0 Å². The predicted octanol–water partition coefficient (Wildman–Crippen LogP) is 1.78. The molecule has 0 aromatic heterocycles. The molecule has 0 aliphatic heterocycles. The van der Waals surface area contributed by atoms with Crippen LogP contribution < -0.4 is 5.32 Å². The monoisotopic (exact) mass is 238 g/mol. The molecule has 3 nitrogen and oxygen atoms in total. The molecule has 1 amide bonds. The minimum Gasteiger partial charge on any atom is -0.345 e. The molecule has 0 saturated heterocycles. The van der Waals surface area contributed by atoms with Crippen molar-refractivity contribution in [2.75, 3.05) is 13.6 Å². The number of benzene rings is 1. The van der Waals surface area contributed by atoms with Crippen LogP contribution in [0.1, 0.15) is 19.4 Å². The van der Waals surface area contributed by atoms with Gasteiger partial charge < -0.3 is 10.2 Å². The van der Waals surface area contributed by atoms with Crippen LogP contribution in [0.15, 0.2) is 24.3 Å². The van der Waals surface area contributed by atoms with Crippen LogP contribution >= 0.6 is 0 Å². The fourth-order valence-corrected chi connectivity index (χ4v) is 1.49. The highest BCUT2D eigenvalue weighted by Crippen LogP contribution is 2.03. The summed E-state index contributed by atoms with van der Waals surface area (Å²) in [5.41, 5.74) is 0.837. The minimum absolute atomic E-state index is 0.0453. The summed E-state index contributed by atoms with van der Waals surface area (Å²) in [7, 11) is 1.77. The maximum absolute atomic E-state index is 12.9. The first-order valence-electron chi connectivity index (χ1n) is 5.77. The minimum atomic E-state index is -0.261. The highest BCUT2D eigenvalue weighted by molar-refractivity contribution is 5.81. The van der Waals surface area contributed by atoms with Crippen LogP contribution in [-0.2, 0) is 11.3 Å². The van der Waals surface area contributed by atoms with Crippen molar-refractivity contribution in [1.29, 1.82) is 0 Å². The number of likely N-dealkylation sites (N-methyl/N-ethyl adjacent to an activating group) is 1. The number of carbonyl (C=O) groups is 1. The van der Waals surface area contributed by atoms with E-state index in [0.717, 1.165) is 5.56 Å². The van der Waals surface area contributed by atoms with Crippen LogP contribution in [0.2, 0.25) is 0 Å². The summed E-state index contributed by atoms with van der Waals surface area (Å²) in [4.78, 5) is 13.4. The quantitative estimate of drug-likeness (QED) is 0.848. The fraction of sp³-hybridized carbons (Fsp3) is 0.462. The summed E-state index contributed by atoms with van der Waals surface area (Å²) in [6, 6.07) is 6.10. The molecule has 0 radical (unpaired) electrons. The van der Waals surface area contributed by atoms with Crippen molar-refractivity contribution in [3.05, 3.63) is 35.6 Å². The van der Waals surface area contributed by atoms with E-state index in [1.807, 2.05) is 19.9 Å². The van der Waals surface area contributed by atoms with Gasteiger partial charge in [-0.2, -0.15) is 0 Å². The first-order valence-corrected chi connectivity index (χ1v) is 5.77. The molecule has 4 heteroatoms. The second kappa shape index (κ2) is 6.35. The van der Waals surface area contributed by atoms with E-state index in [1.165, 1.54) is 12.1 Å². The van der Waals surface area contributed by atoms with Gasteiger partial charge in [-0.15, -0.1) is 0 Å². The average molecular weight is 238 g/mol. The first-order chi connectivity index (χ1) is 8.04. The summed E-state index contributed by atoms with van der Waals surface area (Å²) >= 11 is 0. The zero-order valence-electron chi connectivity index (χ0n) is 10.5. The molecule has 1 aromatic rings. The molecule has 1 aromatic carbocycles. The Labute approximate surface area is 102 Å². The Balaban J connectivity index is 2.48. The Kier molecular flexibility index (Phi) is 5.10. The lowest BCUT2D eigenvalue weighted by Gasteiger charge is -2.20. The number of nitrogens with zero attached hydrogens (tertiary/aromatic N) is 1. The molecule has 0 spiro atoms. The normalized spacial score (nSPS) is 12.2. The zero-order chi connectivity index (χ0) is 12.8. The van der Waals surface area contributed by atoms with E-state index in [9.17, 15) is 9.18 Å². The largest absolute Gasteiger partial charge is 0.345 e. The number of nitrogens with one attached hydrogen (secondary N) is 1. The van der Waals surface area contributed by atoms with Crippen LogP contribution in [0.5, 0.6) is 0 Å². The van der Waals surface area contributed by atoms with Crippen molar-refractivity contribution in [1.82, 2.24) is 10.2 Å². The number of carbonyl (C=O) groups excluding carboxylic acids is 1. The van der Waals surface area contributed by atoms with Gasteiger partial charge in [-0.1, -0.05) is 12.1 Å². The van der Waals surface area contributed by atoms with Crippen molar-refractivity contribution in [2.24, 2.45) is 0 Å². The topological polar surface area (TPSA) is 32.3 Å². The predicted molar refractivity (Wildman–Crippen MR) is 66.0 cm³/mol. The Morgan fingerprint density at radius 1 is 1.53 bits per heavy atom. The van der Waals surface area contributed by atoms with Crippen molar-refractivity contribution in [3.8, 4) is 0 Å². The molecule has 0 saturated carbocycles. The average Bonchev–Trinajstić information content (AvgIpc) is 2.34. The van der Waals surface area contributed by atoms with Gasteiger partial charge in [0.25, 0.3) is 0 Å². The summed E-state index contributed by atoms with van der Waals surface area (Å²) in [5, 5.41) is 3.08. The lowest BCUT2D eigenvalue weighted by Crippen LogP contribution is -2.42. The van der Waals surface area contributed by atoms with Crippen LogP contribution in [0.25, 0.3) is 0 Å². The summed E-state index contributed by atoms with van der Waals surface area (Å²) < 4.78 is 12.9. The molecule has 0 aliphatic carbocycles. The van der Waals surface area contributed by atoms with Gasteiger partial charge in [0.1, 0.15) is 5.82 Å². The standard InChI is InChI=1S/C13H19FN2O/c1-4-16(3)13(17)10(2)15-9-11-6-5-7-12(14)8-11/h5-8,10,15H,4,9H2,1-3H3. The van der Waals surface area contributed by atoms with Crippen molar-refractivity contribution >= 4 is 5.91 Å². The van der Waals surface area contributed by atoms with Gasteiger partial charge >= 0.3 is 0 Å². The molecular weight excluding hydrogens is 219 g/mol. The van der Waals surface area contributed by atoms with Crippen LogP contribution in [0, 0.1) is 5.82 Å². The van der Waals surface area contributed by atoms with E-state index >= 15 is 0 Å². The van der Waals surface area contributed by atoms with E-state index < -0.39 is 0 Å². The summed E-state index contributed by atoms with van der Waals surface area (Å²) in [5.74, 6) is -0.210. The third-order valence-corrected chi connectivity index (χ3v) is 2.72. The Morgan fingerprint density at radius 3 is 2.82 bits per heavy atom. The van der Waals surface area contributed by atoms with Gasteiger partial charge in [0.2, 0.25) is 5.91 Å². The van der Waals surface area contributed by atoms with Crippen molar-refractivity contribution in [2.45, 2.75) is 26.4 Å². The second-order valence-corrected chi connectivity index (χ2v) is 4.08. The van der Waals surface area contributed by atoms with E-state index in [2.05, 4.69) is 5.32 Å². The molecule has 17 heavy (non-hydrogen) atoms. The highest BCUT2D eigenvalue weighted by Gasteiger charge is 2.15. The van der Waals surface area contributed by atoms with E-state index in [1.54, 1.807) is 18.0 Å². The van der Waals surface area contributed by atoms with Gasteiger partial charge in [0.15, 0.2) is 0 Å². The second-order valence-electron chi connectivity index (χ2n) is 4.08. The molecule has 0 heterocycles. The van der Waals surface area contributed by atoms with E-state index in [4.69, 9.17) is 0 Å². The Bertz CT molecular complexity index is 381. The number of amides is 1. The first kappa shape index (κ1) is 13.6. The van der Waals surface area contributed by atoms with Crippen molar-refractivity contribution < 1.29 is 9.18 Å². The third kappa shape index (κ3) is 4.15. The maximum Gasteiger partial charge on any atom is 0.239 e. The Hall–Kier alpha value is -1.42. The van der Waals surface area contributed by atoms with E-state index in [0.29, 0.717) is 13.1 Å². The molecular formula is C13H19FN2O. The molecule has 1 atom stereocenters. The molecule has 1 unspecified atom stereocenters. The molecule has 1 rings (SSSR count). The van der Waals surface area contributed by atoms with E-state index in [-0.39, 0.29) is 17.8 Å². The number of halogens is 1. The van der Waals surface area contributed by atoms with Gasteiger partial charge in [-0.05, 0) is 31.5 Å². The fourth-order valence-electron chi connectivity index (χ4n) is 1.49. The van der Waals surface area contributed by atoms with Crippen LogP contribution in [0.3, 0.4) is 0 Å². The summed E-state index contributed by atoms with van der Waals surface area (Å²) in [6.07, 6.45) is 0. The third-order valence-electron chi connectivity index (χ3n) is 2.72. The van der Waals surface area contributed by atoms with Gasteiger partial charge in [0, 0.05) is 20.1 Å². The number of rotatable bonds is 5. The SMILES string of the molecule is CCN(C)C(=O)C(C)NCc1cccc(F)c1. The molecule has 0 aliphatic rings. The van der Waals surface area contributed by atoms with Gasteiger partial charge in [0.05, 0.1) is 6.04 Å². The lowest BCUT2D eigenvalue weighted by molar-refractivity contribution is -0.131. The molecule has 0 fully saturated rings. The smallest absolute Gasteiger partial charge is 0.239 e. The maximum atomic E-state index is 12.9. The number of hydrogen-bond donors (Lipinski definition) is 1. The summed E-state index contributed by atoms with van der Waals surface area (Å²) in [6.45, 7) is 4.91. The van der Waals surface area contributed by atoms with Crippen LogP contribution in [-0.4, -0.2) is 30.4 Å². The van der Waals surface area contributed by atoms with Crippen LogP contribution in [0.4, 0.5) is 4.39 Å². The lowest BCUT2D eigenvalue weighted by atomic mass is 10.2. The van der Waals surface area contributed by atoms with Gasteiger partial charge in [-0.25, -0.2) is 4.39 Å². The number of hydrogen-bond acceptors (Lipinski definition) is 2.